The van der Waals surface area contributed by atoms with E-state index < -0.39 is 0 Å². The molecule has 180 valence electrons. The quantitative estimate of drug-likeness (QED) is 0.301. The molecule has 2 aromatic carbocycles. The van der Waals surface area contributed by atoms with E-state index >= 15 is 0 Å². The number of carbonyl (C=O) groups excluding carboxylic acids is 2. The van der Waals surface area contributed by atoms with Crippen LogP contribution in [0.2, 0.25) is 0 Å². The van der Waals surface area contributed by atoms with Gasteiger partial charge in [-0.15, -0.1) is 0 Å². The van der Waals surface area contributed by atoms with E-state index in [-0.39, 0.29) is 11.8 Å². The standard InChI is InChI=1S/2C10H11NO.3C2H6.CH3Br/c2*1-8(2)11-10(12)9-6-4-3-5-7-9;4*1-2/h2*3-7H,1-2H3;3*1-2H3;1H3. The molecule has 0 spiro atoms. The van der Waals surface area contributed by atoms with Crippen molar-refractivity contribution in [3.05, 3.63) is 71.8 Å². The number of halogens is 1. The van der Waals surface area contributed by atoms with Gasteiger partial charge in [-0.2, -0.15) is 0 Å². The molecule has 0 atom stereocenters. The fourth-order valence-corrected chi connectivity index (χ4v) is 1.70. The van der Waals surface area contributed by atoms with Crippen LogP contribution >= 0.6 is 15.9 Å². The van der Waals surface area contributed by atoms with Crippen LogP contribution in [0.15, 0.2) is 70.6 Å². The number of aliphatic imine (C=N–C) groups is 2. The Morgan fingerprint density at radius 1 is 0.531 bits per heavy atom. The molecule has 0 fully saturated rings. The first-order valence-electron chi connectivity index (χ1n) is 11.0. The van der Waals surface area contributed by atoms with Gasteiger partial charge >= 0.3 is 0 Å². The summed E-state index contributed by atoms with van der Waals surface area (Å²) in [6.07, 6.45) is 0. The maximum Gasteiger partial charge on any atom is 0.276 e. The molecular formula is C27H43BrN2O2. The lowest BCUT2D eigenvalue weighted by Gasteiger charge is -1.93. The van der Waals surface area contributed by atoms with Gasteiger partial charge in [0.1, 0.15) is 0 Å². The molecule has 2 amide bonds. The van der Waals surface area contributed by atoms with Crippen molar-refractivity contribution >= 4 is 39.2 Å². The van der Waals surface area contributed by atoms with Gasteiger partial charge in [-0.05, 0) is 57.8 Å². The minimum Gasteiger partial charge on any atom is -0.267 e. The maximum absolute atomic E-state index is 11.3. The highest BCUT2D eigenvalue weighted by molar-refractivity contribution is 9.08. The second kappa shape index (κ2) is 28.6. The summed E-state index contributed by atoms with van der Waals surface area (Å²) in [4.78, 5) is 30.2. The molecule has 0 aliphatic carbocycles. The normalized spacial score (nSPS) is 7.62. The van der Waals surface area contributed by atoms with E-state index in [9.17, 15) is 9.59 Å². The molecule has 0 aliphatic heterocycles. The van der Waals surface area contributed by atoms with E-state index in [1.807, 2.05) is 83.8 Å². The Bertz CT molecular complexity index is 667. The summed E-state index contributed by atoms with van der Waals surface area (Å²) in [5, 5.41) is 0. The molecular weight excluding hydrogens is 464 g/mol. The molecule has 0 bridgehead atoms. The zero-order valence-corrected chi connectivity index (χ0v) is 23.4. The van der Waals surface area contributed by atoms with Gasteiger partial charge in [-0.3, -0.25) is 9.59 Å². The molecule has 0 saturated heterocycles. The Kier molecular flexibility index (Phi) is 33.0. The number of carbonyl (C=O) groups is 2. The molecule has 2 aromatic rings. The van der Waals surface area contributed by atoms with Gasteiger partial charge in [0.05, 0.1) is 0 Å². The number of hydrogen-bond acceptors (Lipinski definition) is 2. The number of benzene rings is 2. The minimum absolute atomic E-state index is 0.171. The lowest BCUT2D eigenvalue weighted by Crippen LogP contribution is -1.96. The summed E-state index contributed by atoms with van der Waals surface area (Å²) in [5.41, 5.74) is 2.84. The highest BCUT2D eigenvalue weighted by Crippen LogP contribution is 2.01. The van der Waals surface area contributed by atoms with Gasteiger partial charge < -0.3 is 0 Å². The fourth-order valence-electron chi connectivity index (χ4n) is 1.70. The molecule has 2 rings (SSSR count). The number of amides is 2. The van der Waals surface area contributed by atoms with Crippen LogP contribution in [-0.2, 0) is 0 Å². The summed E-state index contributed by atoms with van der Waals surface area (Å²) in [7, 11) is 0. The van der Waals surface area contributed by atoms with Crippen molar-refractivity contribution in [1.29, 1.82) is 0 Å². The SMILES string of the molecule is CBr.CC.CC.CC.CC(C)=NC(=O)c1ccccc1.CC(C)=NC(=O)c1ccccc1. The number of hydrogen-bond donors (Lipinski definition) is 0. The van der Waals surface area contributed by atoms with Crippen LogP contribution in [0.1, 0.15) is 90.0 Å². The summed E-state index contributed by atoms with van der Waals surface area (Å²) in [5.74, 6) is 1.47. The van der Waals surface area contributed by atoms with Crippen LogP contribution in [0.5, 0.6) is 0 Å². The molecule has 0 saturated carbocycles. The van der Waals surface area contributed by atoms with Crippen LogP contribution < -0.4 is 0 Å². The fraction of sp³-hybridized carbons (Fsp3) is 0.407. The van der Waals surface area contributed by atoms with Crippen LogP contribution in [0.3, 0.4) is 0 Å². The summed E-state index contributed by atoms with van der Waals surface area (Å²) in [6.45, 7) is 19.2. The predicted molar refractivity (Wildman–Crippen MR) is 148 cm³/mol. The lowest BCUT2D eigenvalue weighted by atomic mass is 10.2. The van der Waals surface area contributed by atoms with Gasteiger partial charge in [0.25, 0.3) is 11.8 Å². The molecule has 0 radical (unpaired) electrons. The maximum atomic E-state index is 11.3. The zero-order valence-electron chi connectivity index (χ0n) is 21.9. The molecule has 32 heavy (non-hydrogen) atoms. The van der Waals surface area contributed by atoms with E-state index in [4.69, 9.17) is 0 Å². The molecule has 0 unspecified atom stereocenters. The Morgan fingerprint density at radius 2 is 0.750 bits per heavy atom. The van der Waals surface area contributed by atoms with Gasteiger partial charge in [0, 0.05) is 22.6 Å². The Labute approximate surface area is 205 Å². The van der Waals surface area contributed by atoms with Gasteiger partial charge in [0.2, 0.25) is 0 Å². The molecule has 0 aliphatic rings. The average molecular weight is 508 g/mol. The van der Waals surface area contributed by atoms with Crippen LogP contribution in [0.4, 0.5) is 0 Å². The monoisotopic (exact) mass is 506 g/mol. The van der Waals surface area contributed by atoms with Gasteiger partial charge in [0.15, 0.2) is 0 Å². The van der Waals surface area contributed by atoms with Gasteiger partial charge in [-0.1, -0.05) is 93.9 Å². The largest absolute Gasteiger partial charge is 0.276 e. The van der Waals surface area contributed by atoms with E-state index in [1.165, 1.54) is 0 Å². The summed E-state index contributed by atoms with van der Waals surface area (Å²) in [6, 6.07) is 18.1. The first kappa shape index (κ1) is 36.9. The van der Waals surface area contributed by atoms with Crippen molar-refractivity contribution < 1.29 is 9.59 Å². The van der Waals surface area contributed by atoms with E-state index in [0.717, 1.165) is 11.4 Å². The van der Waals surface area contributed by atoms with Crippen LogP contribution in [0.25, 0.3) is 0 Å². The number of rotatable bonds is 2. The molecule has 4 nitrogen and oxygen atoms in total. The third-order valence-electron chi connectivity index (χ3n) is 2.69. The average Bonchev–Trinajstić information content (AvgIpc) is 2.85. The third kappa shape index (κ3) is 22.3. The Morgan fingerprint density at radius 3 is 0.938 bits per heavy atom. The summed E-state index contributed by atoms with van der Waals surface area (Å²) < 4.78 is 0. The van der Waals surface area contributed by atoms with E-state index in [0.29, 0.717) is 11.1 Å². The minimum atomic E-state index is -0.171. The molecule has 5 heteroatoms. The smallest absolute Gasteiger partial charge is 0.267 e. The molecule has 0 aromatic heterocycles. The first-order valence-corrected chi connectivity index (χ1v) is 12.6. The van der Waals surface area contributed by atoms with Crippen molar-refractivity contribution in [1.82, 2.24) is 0 Å². The second-order valence-electron chi connectivity index (χ2n) is 5.46. The number of nitrogens with zero attached hydrogens (tertiary/aromatic N) is 2. The second-order valence-corrected chi connectivity index (χ2v) is 5.46. The highest BCUT2D eigenvalue weighted by atomic mass is 79.9. The van der Waals surface area contributed by atoms with Crippen LogP contribution in [-0.4, -0.2) is 29.1 Å². The van der Waals surface area contributed by atoms with Crippen molar-refractivity contribution in [3.8, 4) is 0 Å². The van der Waals surface area contributed by atoms with Crippen molar-refractivity contribution in [2.24, 2.45) is 9.98 Å². The summed E-state index contributed by atoms with van der Waals surface area (Å²) >= 11 is 2.94. The van der Waals surface area contributed by atoms with E-state index in [1.54, 1.807) is 52.0 Å². The van der Waals surface area contributed by atoms with Crippen LogP contribution in [0, 0.1) is 0 Å². The Balaban J connectivity index is -0.000000187. The van der Waals surface area contributed by atoms with Crippen molar-refractivity contribution in [2.45, 2.75) is 69.2 Å². The molecule has 0 N–H and O–H groups in total. The molecule has 0 heterocycles. The van der Waals surface area contributed by atoms with Crippen molar-refractivity contribution in [2.75, 3.05) is 5.83 Å². The zero-order chi connectivity index (χ0) is 25.9. The number of alkyl halides is 1. The van der Waals surface area contributed by atoms with Crippen molar-refractivity contribution in [3.63, 3.8) is 0 Å². The lowest BCUT2D eigenvalue weighted by molar-refractivity contribution is 0.0994. The van der Waals surface area contributed by atoms with E-state index in [2.05, 4.69) is 25.9 Å². The van der Waals surface area contributed by atoms with Gasteiger partial charge in [-0.25, -0.2) is 9.98 Å². The highest BCUT2D eigenvalue weighted by Gasteiger charge is 2.01. The third-order valence-corrected chi connectivity index (χ3v) is 2.69. The Hall–Kier alpha value is -2.40. The topological polar surface area (TPSA) is 58.9 Å². The predicted octanol–water partition coefficient (Wildman–Crippen LogP) is 8.70. The first-order chi connectivity index (χ1) is 15.4.